The Bertz CT molecular complexity index is 474. The summed E-state index contributed by atoms with van der Waals surface area (Å²) in [5, 5.41) is 3.68. The lowest BCUT2D eigenvalue weighted by Gasteiger charge is -2.24. The van der Waals surface area contributed by atoms with Crippen molar-refractivity contribution in [1.82, 2.24) is 10.2 Å². The molecule has 0 spiro atoms. The second kappa shape index (κ2) is 5.38. The summed E-state index contributed by atoms with van der Waals surface area (Å²) in [6.45, 7) is 5.83. The van der Waals surface area contributed by atoms with Gasteiger partial charge in [0.05, 0.1) is 6.61 Å². The quantitative estimate of drug-likeness (QED) is 0.909. The van der Waals surface area contributed by atoms with Crippen LogP contribution in [0, 0.1) is 5.92 Å². The van der Waals surface area contributed by atoms with Gasteiger partial charge in [0, 0.05) is 32.1 Å². The summed E-state index contributed by atoms with van der Waals surface area (Å²) in [5.41, 5.74) is 2.87. The predicted octanol–water partition coefficient (Wildman–Crippen LogP) is 1.85. The summed E-state index contributed by atoms with van der Waals surface area (Å²) < 4.78 is 5.58. The van der Waals surface area contributed by atoms with Crippen LogP contribution < -0.4 is 10.1 Å². The molecule has 1 aromatic rings. The molecular formula is C17H24N2O. The maximum Gasteiger partial charge on any atom is 0.122 e. The van der Waals surface area contributed by atoms with Crippen molar-refractivity contribution >= 4 is 0 Å². The van der Waals surface area contributed by atoms with E-state index in [1.807, 2.05) is 0 Å². The van der Waals surface area contributed by atoms with Gasteiger partial charge in [-0.15, -0.1) is 0 Å². The first-order valence-electron chi connectivity index (χ1n) is 8.09. The number of hydrogen-bond donors (Lipinski definition) is 1. The van der Waals surface area contributed by atoms with Gasteiger partial charge in [0.25, 0.3) is 0 Å². The Morgan fingerprint density at radius 1 is 1.30 bits per heavy atom. The van der Waals surface area contributed by atoms with Crippen molar-refractivity contribution in [3.8, 4) is 5.75 Å². The van der Waals surface area contributed by atoms with Crippen LogP contribution in [0.5, 0.6) is 5.75 Å². The van der Waals surface area contributed by atoms with E-state index in [0.29, 0.717) is 0 Å². The SMILES string of the molecule is c1cc2c(cc1CCN1C[C@@H]3CCCN[C@@H]3C1)CCO2. The minimum atomic E-state index is 0.761. The van der Waals surface area contributed by atoms with E-state index in [1.54, 1.807) is 0 Å². The molecular weight excluding hydrogens is 248 g/mol. The van der Waals surface area contributed by atoms with Crippen LogP contribution in [0.2, 0.25) is 0 Å². The second-order valence-electron chi connectivity index (χ2n) is 6.51. The van der Waals surface area contributed by atoms with Gasteiger partial charge in [0.1, 0.15) is 5.75 Å². The van der Waals surface area contributed by atoms with Crippen LogP contribution in [0.15, 0.2) is 18.2 Å². The number of piperidine rings is 1. The Hall–Kier alpha value is -1.06. The highest BCUT2D eigenvalue weighted by Gasteiger charge is 2.33. The maximum atomic E-state index is 5.58. The van der Waals surface area contributed by atoms with E-state index in [4.69, 9.17) is 4.74 Å². The molecule has 3 heterocycles. The fraction of sp³-hybridized carbons (Fsp3) is 0.647. The van der Waals surface area contributed by atoms with Crippen molar-refractivity contribution in [1.29, 1.82) is 0 Å². The number of rotatable bonds is 3. The van der Waals surface area contributed by atoms with E-state index in [1.165, 1.54) is 56.6 Å². The fourth-order valence-corrected chi connectivity index (χ4v) is 4.00. The van der Waals surface area contributed by atoms with Gasteiger partial charge in [-0.1, -0.05) is 12.1 Å². The molecule has 0 saturated carbocycles. The van der Waals surface area contributed by atoms with Gasteiger partial charge < -0.3 is 15.0 Å². The van der Waals surface area contributed by atoms with Gasteiger partial charge >= 0.3 is 0 Å². The molecule has 0 aromatic heterocycles. The third-order valence-corrected chi connectivity index (χ3v) is 5.15. The monoisotopic (exact) mass is 272 g/mol. The third kappa shape index (κ3) is 2.45. The van der Waals surface area contributed by atoms with Crippen LogP contribution in [0.3, 0.4) is 0 Å². The molecule has 20 heavy (non-hydrogen) atoms. The van der Waals surface area contributed by atoms with E-state index < -0.39 is 0 Å². The van der Waals surface area contributed by atoms with E-state index in [-0.39, 0.29) is 0 Å². The molecule has 2 fully saturated rings. The molecule has 0 amide bonds. The molecule has 1 N–H and O–H groups in total. The Labute approximate surface area is 121 Å². The summed E-state index contributed by atoms with van der Waals surface area (Å²) in [6.07, 6.45) is 5.04. The van der Waals surface area contributed by atoms with E-state index in [0.717, 1.165) is 30.7 Å². The molecule has 3 heteroatoms. The summed E-state index contributed by atoms with van der Waals surface area (Å²) in [6, 6.07) is 7.51. The number of fused-ring (bicyclic) bond motifs is 2. The minimum Gasteiger partial charge on any atom is -0.493 e. The van der Waals surface area contributed by atoms with Crippen molar-refractivity contribution in [3.63, 3.8) is 0 Å². The summed E-state index contributed by atoms with van der Waals surface area (Å²) in [5.74, 6) is 2.00. The maximum absolute atomic E-state index is 5.58. The van der Waals surface area contributed by atoms with Crippen LogP contribution >= 0.6 is 0 Å². The molecule has 108 valence electrons. The molecule has 0 aliphatic carbocycles. The first-order valence-corrected chi connectivity index (χ1v) is 8.09. The van der Waals surface area contributed by atoms with E-state index in [2.05, 4.69) is 28.4 Å². The first kappa shape index (κ1) is 12.7. The predicted molar refractivity (Wildman–Crippen MR) is 80.3 cm³/mol. The van der Waals surface area contributed by atoms with Crippen LogP contribution in [0.1, 0.15) is 24.0 Å². The van der Waals surface area contributed by atoms with Crippen molar-refractivity contribution in [2.75, 3.05) is 32.8 Å². The first-order chi connectivity index (χ1) is 9.88. The number of nitrogens with one attached hydrogen (secondary N) is 1. The van der Waals surface area contributed by atoms with Gasteiger partial charge in [-0.25, -0.2) is 0 Å². The zero-order valence-electron chi connectivity index (χ0n) is 12.1. The number of nitrogens with zero attached hydrogens (tertiary/aromatic N) is 1. The Kier molecular flexibility index (Phi) is 3.41. The molecule has 4 rings (SSSR count). The molecule has 1 aromatic carbocycles. The lowest BCUT2D eigenvalue weighted by Crippen LogP contribution is -2.40. The van der Waals surface area contributed by atoms with Crippen molar-refractivity contribution in [2.24, 2.45) is 5.92 Å². The molecule has 3 aliphatic rings. The number of hydrogen-bond acceptors (Lipinski definition) is 3. The standard InChI is InChI=1S/C17H24N2O/c1-2-15-11-19(12-16(15)18-7-1)8-5-13-3-4-17-14(10-13)6-9-20-17/h3-4,10,15-16,18H,1-2,5-9,11-12H2/t15-,16+/m0/s1. The Morgan fingerprint density at radius 2 is 2.30 bits per heavy atom. The summed E-state index contributed by atoms with van der Waals surface area (Å²) in [4.78, 5) is 2.65. The van der Waals surface area contributed by atoms with Crippen LogP contribution in [-0.2, 0) is 12.8 Å². The van der Waals surface area contributed by atoms with Gasteiger partial charge in [-0.05, 0) is 48.9 Å². The zero-order chi connectivity index (χ0) is 13.4. The van der Waals surface area contributed by atoms with Crippen LogP contribution in [-0.4, -0.2) is 43.7 Å². The smallest absolute Gasteiger partial charge is 0.122 e. The van der Waals surface area contributed by atoms with Crippen molar-refractivity contribution < 1.29 is 4.74 Å². The second-order valence-corrected chi connectivity index (χ2v) is 6.51. The number of likely N-dealkylation sites (tertiary alicyclic amines) is 1. The molecule has 0 bridgehead atoms. The number of ether oxygens (including phenoxy) is 1. The van der Waals surface area contributed by atoms with Crippen LogP contribution in [0.25, 0.3) is 0 Å². The summed E-state index contributed by atoms with van der Waals surface area (Å²) in [7, 11) is 0. The van der Waals surface area contributed by atoms with Gasteiger partial charge in [-0.2, -0.15) is 0 Å². The molecule has 3 aliphatic heterocycles. The highest BCUT2D eigenvalue weighted by molar-refractivity contribution is 5.39. The average Bonchev–Trinajstić information content (AvgIpc) is 3.10. The van der Waals surface area contributed by atoms with Crippen molar-refractivity contribution in [3.05, 3.63) is 29.3 Å². The van der Waals surface area contributed by atoms with E-state index in [9.17, 15) is 0 Å². The molecule has 2 atom stereocenters. The lowest BCUT2D eigenvalue weighted by molar-refractivity contribution is 0.322. The Balaban J connectivity index is 1.34. The van der Waals surface area contributed by atoms with Gasteiger partial charge in [-0.3, -0.25) is 0 Å². The van der Waals surface area contributed by atoms with Gasteiger partial charge in [0.15, 0.2) is 0 Å². The molecule has 3 nitrogen and oxygen atoms in total. The van der Waals surface area contributed by atoms with Crippen LogP contribution in [0.4, 0.5) is 0 Å². The normalized spacial score (nSPS) is 29.0. The molecule has 2 saturated heterocycles. The molecule has 0 unspecified atom stereocenters. The highest BCUT2D eigenvalue weighted by Crippen LogP contribution is 2.27. The number of benzene rings is 1. The molecule has 0 radical (unpaired) electrons. The zero-order valence-corrected chi connectivity index (χ0v) is 12.1. The third-order valence-electron chi connectivity index (χ3n) is 5.15. The summed E-state index contributed by atoms with van der Waals surface area (Å²) >= 11 is 0. The largest absolute Gasteiger partial charge is 0.493 e. The minimum absolute atomic E-state index is 0.761. The van der Waals surface area contributed by atoms with E-state index >= 15 is 0 Å². The van der Waals surface area contributed by atoms with Crippen molar-refractivity contribution in [2.45, 2.75) is 31.7 Å². The Morgan fingerprint density at radius 3 is 3.25 bits per heavy atom. The highest BCUT2D eigenvalue weighted by atomic mass is 16.5. The average molecular weight is 272 g/mol. The lowest BCUT2D eigenvalue weighted by atomic mass is 9.94. The topological polar surface area (TPSA) is 24.5 Å². The fourth-order valence-electron chi connectivity index (χ4n) is 4.00. The van der Waals surface area contributed by atoms with Gasteiger partial charge in [0.2, 0.25) is 0 Å².